The summed E-state index contributed by atoms with van der Waals surface area (Å²) in [5.41, 5.74) is 2.80. The molecule has 1 amide bonds. The number of benzene rings is 4. The second-order valence-electron chi connectivity index (χ2n) is 7.45. The lowest BCUT2D eigenvalue weighted by Gasteiger charge is -2.30. The van der Waals surface area contributed by atoms with Crippen LogP contribution in [0.5, 0.6) is 11.5 Å². The number of rotatable bonds is 7. The zero-order valence-electron chi connectivity index (χ0n) is 17.5. The van der Waals surface area contributed by atoms with E-state index in [1.54, 1.807) is 0 Å². The molecule has 3 nitrogen and oxygen atoms in total. The van der Waals surface area contributed by atoms with Gasteiger partial charge in [-0.05, 0) is 54.4 Å². The molecule has 0 N–H and O–H groups in total. The summed E-state index contributed by atoms with van der Waals surface area (Å²) >= 11 is 0. The molecule has 0 aliphatic carbocycles. The Morgan fingerprint density at radius 3 is 2.00 bits per heavy atom. The standard InChI is InChI=1S/C28H25NO2/c1-22(24-13-5-2-6-14-24)29(28(30)25-15-7-3-8-16-25)21-23-12-11-19-27(20-23)31-26-17-9-4-10-18-26/h2-20,22H,21H2,1H3. The third kappa shape index (κ3) is 5.20. The van der Waals surface area contributed by atoms with Crippen molar-refractivity contribution in [3.05, 3.63) is 132 Å². The molecular formula is C28H25NO2. The van der Waals surface area contributed by atoms with Crippen LogP contribution in [-0.4, -0.2) is 10.8 Å². The monoisotopic (exact) mass is 407 g/mol. The maximum Gasteiger partial charge on any atom is 0.254 e. The number of nitrogens with zero attached hydrogens (tertiary/aromatic N) is 1. The zero-order valence-corrected chi connectivity index (χ0v) is 17.5. The number of ether oxygens (including phenoxy) is 1. The van der Waals surface area contributed by atoms with Gasteiger partial charge in [0.2, 0.25) is 0 Å². The zero-order chi connectivity index (χ0) is 21.5. The second kappa shape index (κ2) is 9.77. The minimum absolute atomic E-state index is 0.00586. The fourth-order valence-corrected chi connectivity index (χ4v) is 3.57. The highest BCUT2D eigenvalue weighted by molar-refractivity contribution is 5.94. The Balaban J connectivity index is 1.61. The van der Waals surface area contributed by atoms with Crippen LogP contribution in [0, 0.1) is 0 Å². The first kappa shape index (κ1) is 20.4. The Labute approximate surface area is 183 Å². The third-order valence-corrected chi connectivity index (χ3v) is 5.26. The van der Waals surface area contributed by atoms with Gasteiger partial charge in [-0.25, -0.2) is 0 Å². The normalized spacial score (nSPS) is 11.5. The van der Waals surface area contributed by atoms with Crippen molar-refractivity contribution in [2.24, 2.45) is 0 Å². The number of hydrogen-bond donors (Lipinski definition) is 0. The van der Waals surface area contributed by atoms with Crippen molar-refractivity contribution in [3.63, 3.8) is 0 Å². The summed E-state index contributed by atoms with van der Waals surface area (Å²) in [7, 11) is 0. The molecule has 4 aromatic rings. The van der Waals surface area contributed by atoms with E-state index < -0.39 is 0 Å². The molecule has 0 aliphatic rings. The number of amides is 1. The van der Waals surface area contributed by atoms with E-state index in [1.807, 2.05) is 108 Å². The van der Waals surface area contributed by atoms with Crippen molar-refractivity contribution in [2.75, 3.05) is 0 Å². The smallest absolute Gasteiger partial charge is 0.254 e. The molecule has 0 saturated heterocycles. The predicted molar refractivity (Wildman–Crippen MR) is 124 cm³/mol. The number of hydrogen-bond acceptors (Lipinski definition) is 2. The van der Waals surface area contributed by atoms with E-state index in [0.717, 1.165) is 22.6 Å². The van der Waals surface area contributed by atoms with Crippen molar-refractivity contribution >= 4 is 5.91 Å². The van der Waals surface area contributed by atoms with Crippen molar-refractivity contribution < 1.29 is 9.53 Å². The molecule has 0 fully saturated rings. The fourth-order valence-electron chi connectivity index (χ4n) is 3.57. The van der Waals surface area contributed by atoms with Crippen LogP contribution in [0.4, 0.5) is 0 Å². The van der Waals surface area contributed by atoms with Gasteiger partial charge in [-0.15, -0.1) is 0 Å². The van der Waals surface area contributed by atoms with Gasteiger partial charge in [0.25, 0.3) is 5.91 Å². The fraction of sp³-hybridized carbons (Fsp3) is 0.107. The summed E-state index contributed by atoms with van der Waals surface area (Å²) in [4.78, 5) is 15.3. The maximum absolute atomic E-state index is 13.4. The van der Waals surface area contributed by atoms with Crippen LogP contribution < -0.4 is 4.74 Å². The quantitative estimate of drug-likeness (QED) is 0.334. The largest absolute Gasteiger partial charge is 0.457 e. The van der Waals surface area contributed by atoms with Gasteiger partial charge in [-0.2, -0.15) is 0 Å². The number of carbonyl (C=O) groups excluding carboxylic acids is 1. The van der Waals surface area contributed by atoms with Gasteiger partial charge in [0.1, 0.15) is 11.5 Å². The minimum atomic E-state index is -0.0763. The molecule has 4 rings (SSSR count). The van der Waals surface area contributed by atoms with Crippen molar-refractivity contribution in [3.8, 4) is 11.5 Å². The van der Waals surface area contributed by atoms with Crippen molar-refractivity contribution in [2.45, 2.75) is 19.5 Å². The molecule has 0 heterocycles. The summed E-state index contributed by atoms with van der Waals surface area (Å²) in [5.74, 6) is 1.55. The average Bonchev–Trinajstić information content (AvgIpc) is 2.84. The maximum atomic E-state index is 13.4. The predicted octanol–water partition coefficient (Wildman–Crippen LogP) is 6.88. The lowest BCUT2D eigenvalue weighted by Crippen LogP contribution is -2.33. The first-order valence-corrected chi connectivity index (χ1v) is 10.4. The molecule has 31 heavy (non-hydrogen) atoms. The highest BCUT2D eigenvalue weighted by atomic mass is 16.5. The van der Waals surface area contributed by atoms with Gasteiger partial charge in [-0.3, -0.25) is 4.79 Å². The van der Waals surface area contributed by atoms with Crippen LogP contribution >= 0.6 is 0 Å². The average molecular weight is 408 g/mol. The van der Waals surface area contributed by atoms with Crippen LogP contribution in [0.2, 0.25) is 0 Å². The highest BCUT2D eigenvalue weighted by Crippen LogP contribution is 2.27. The van der Waals surface area contributed by atoms with Crippen LogP contribution in [0.1, 0.15) is 34.5 Å². The number of para-hydroxylation sites is 1. The summed E-state index contributed by atoms with van der Waals surface area (Å²) in [6.45, 7) is 2.55. The van der Waals surface area contributed by atoms with Gasteiger partial charge < -0.3 is 9.64 Å². The van der Waals surface area contributed by atoms with Crippen LogP contribution in [-0.2, 0) is 6.54 Å². The lowest BCUT2D eigenvalue weighted by atomic mass is 10.0. The molecule has 0 bridgehead atoms. The first-order chi connectivity index (χ1) is 15.2. The Kier molecular flexibility index (Phi) is 6.44. The molecule has 4 aromatic carbocycles. The highest BCUT2D eigenvalue weighted by Gasteiger charge is 2.23. The van der Waals surface area contributed by atoms with E-state index in [0.29, 0.717) is 12.1 Å². The van der Waals surface area contributed by atoms with Gasteiger partial charge in [-0.1, -0.05) is 78.9 Å². The number of carbonyl (C=O) groups is 1. The summed E-state index contributed by atoms with van der Waals surface area (Å²) < 4.78 is 5.99. The second-order valence-corrected chi connectivity index (χ2v) is 7.45. The molecule has 0 spiro atoms. The molecule has 154 valence electrons. The molecule has 0 saturated carbocycles. The van der Waals surface area contributed by atoms with E-state index in [9.17, 15) is 4.79 Å². The van der Waals surface area contributed by atoms with E-state index in [1.165, 1.54) is 0 Å². The van der Waals surface area contributed by atoms with Crippen molar-refractivity contribution in [1.82, 2.24) is 4.90 Å². The van der Waals surface area contributed by atoms with Crippen LogP contribution in [0.15, 0.2) is 115 Å². The van der Waals surface area contributed by atoms with Crippen LogP contribution in [0.3, 0.4) is 0 Å². The summed E-state index contributed by atoms with van der Waals surface area (Å²) in [6, 6.07) is 37.1. The topological polar surface area (TPSA) is 29.5 Å². The van der Waals surface area contributed by atoms with Gasteiger partial charge in [0.05, 0.1) is 6.04 Å². The Hall–Kier alpha value is -3.85. The Morgan fingerprint density at radius 1 is 0.742 bits per heavy atom. The Bertz CT molecular complexity index is 1110. The van der Waals surface area contributed by atoms with Gasteiger partial charge in [0, 0.05) is 12.1 Å². The SMILES string of the molecule is CC(c1ccccc1)N(Cc1cccc(Oc2ccccc2)c1)C(=O)c1ccccc1. The molecular weight excluding hydrogens is 382 g/mol. The van der Waals surface area contributed by atoms with E-state index >= 15 is 0 Å². The summed E-state index contributed by atoms with van der Waals surface area (Å²) in [6.07, 6.45) is 0. The molecule has 3 heteroatoms. The van der Waals surface area contributed by atoms with Gasteiger partial charge in [0.15, 0.2) is 0 Å². The molecule has 1 unspecified atom stereocenters. The summed E-state index contributed by atoms with van der Waals surface area (Å²) in [5, 5.41) is 0. The first-order valence-electron chi connectivity index (χ1n) is 10.4. The van der Waals surface area contributed by atoms with Crippen molar-refractivity contribution in [1.29, 1.82) is 0 Å². The molecule has 0 radical (unpaired) electrons. The van der Waals surface area contributed by atoms with Crippen LogP contribution in [0.25, 0.3) is 0 Å². The third-order valence-electron chi connectivity index (χ3n) is 5.26. The lowest BCUT2D eigenvalue weighted by molar-refractivity contribution is 0.0674. The van der Waals surface area contributed by atoms with E-state index in [-0.39, 0.29) is 11.9 Å². The molecule has 0 aromatic heterocycles. The van der Waals surface area contributed by atoms with Gasteiger partial charge >= 0.3 is 0 Å². The van der Waals surface area contributed by atoms with E-state index in [4.69, 9.17) is 4.74 Å². The Morgan fingerprint density at radius 2 is 1.32 bits per heavy atom. The van der Waals surface area contributed by atoms with E-state index in [2.05, 4.69) is 19.1 Å². The minimum Gasteiger partial charge on any atom is -0.457 e. The molecule has 0 aliphatic heterocycles. The molecule has 1 atom stereocenters.